The largest absolute Gasteiger partial charge is 0.335 e. The third-order valence-corrected chi connectivity index (χ3v) is 5.45. The van der Waals surface area contributed by atoms with E-state index in [0.29, 0.717) is 12.6 Å². The predicted molar refractivity (Wildman–Crippen MR) is 115 cm³/mol. The molecular formula is C25H28N2O. The number of rotatable bonds is 5. The van der Waals surface area contributed by atoms with Gasteiger partial charge in [0.05, 0.1) is 11.2 Å². The Hall–Kier alpha value is -2.68. The Kier molecular flexibility index (Phi) is 4.92. The minimum atomic E-state index is 0.0130. The van der Waals surface area contributed by atoms with E-state index >= 15 is 0 Å². The van der Waals surface area contributed by atoms with Crippen molar-refractivity contribution in [1.82, 2.24) is 9.88 Å². The molecule has 1 aromatic heterocycles. The second-order valence-electron chi connectivity index (χ2n) is 8.41. The van der Waals surface area contributed by atoms with Gasteiger partial charge in [-0.1, -0.05) is 49.7 Å². The van der Waals surface area contributed by atoms with Crippen molar-refractivity contribution in [3.8, 4) is 11.3 Å². The summed E-state index contributed by atoms with van der Waals surface area (Å²) in [7, 11) is 0. The summed E-state index contributed by atoms with van der Waals surface area (Å²) >= 11 is 0. The van der Waals surface area contributed by atoms with Crippen LogP contribution in [0.5, 0.6) is 0 Å². The summed E-state index contributed by atoms with van der Waals surface area (Å²) in [6, 6.07) is 17.5. The Morgan fingerprint density at radius 3 is 2.50 bits per heavy atom. The molecular weight excluding hydrogens is 344 g/mol. The number of pyridine rings is 1. The van der Waals surface area contributed by atoms with Crippen LogP contribution in [-0.4, -0.2) is 21.8 Å². The van der Waals surface area contributed by atoms with Gasteiger partial charge in [-0.3, -0.25) is 4.79 Å². The van der Waals surface area contributed by atoms with Crippen LogP contribution in [0, 0.1) is 19.8 Å². The fourth-order valence-electron chi connectivity index (χ4n) is 3.77. The van der Waals surface area contributed by atoms with E-state index in [1.54, 1.807) is 0 Å². The molecule has 4 rings (SSSR count). The minimum Gasteiger partial charge on any atom is -0.335 e. The quantitative estimate of drug-likeness (QED) is 0.578. The van der Waals surface area contributed by atoms with Crippen molar-refractivity contribution >= 4 is 16.8 Å². The van der Waals surface area contributed by atoms with Gasteiger partial charge in [0, 0.05) is 29.5 Å². The van der Waals surface area contributed by atoms with Gasteiger partial charge in [-0.2, -0.15) is 0 Å². The Bertz CT molecular complexity index is 1030. The van der Waals surface area contributed by atoms with E-state index in [1.807, 2.05) is 13.8 Å². The summed E-state index contributed by atoms with van der Waals surface area (Å²) < 4.78 is 0. The van der Waals surface area contributed by atoms with E-state index < -0.39 is 0 Å². The Morgan fingerprint density at radius 1 is 1.07 bits per heavy atom. The van der Waals surface area contributed by atoms with Gasteiger partial charge in [-0.25, -0.2) is 4.98 Å². The number of amides is 1. The maximum absolute atomic E-state index is 12.8. The average molecular weight is 373 g/mol. The number of nitrogens with zero attached hydrogens (tertiary/aromatic N) is 2. The molecule has 1 amide bonds. The van der Waals surface area contributed by atoms with E-state index in [0.717, 1.165) is 40.6 Å². The highest BCUT2D eigenvalue weighted by molar-refractivity contribution is 5.85. The maximum Gasteiger partial charge on any atom is 0.225 e. The van der Waals surface area contributed by atoms with Gasteiger partial charge < -0.3 is 4.90 Å². The number of carbonyl (C=O) groups is 1. The predicted octanol–water partition coefficient (Wildman–Crippen LogP) is 5.67. The van der Waals surface area contributed by atoms with Crippen LogP contribution in [0.1, 0.15) is 43.4 Å². The van der Waals surface area contributed by atoms with E-state index in [1.165, 1.54) is 11.1 Å². The van der Waals surface area contributed by atoms with Crippen LogP contribution in [0.2, 0.25) is 0 Å². The number of aryl methyl sites for hydroxylation is 2. The topological polar surface area (TPSA) is 33.2 Å². The third-order valence-electron chi connectivity index (χ3n) is 5.45. The molecule has 1 heterocycles. The summed E-state index contributed by atoms with van der Waals surface area (Å²) in [4.78, 5) is 20.0. The molecule has 1 aliphatic rings. The van der Waals surface area contributed by atoms with Crippen molar-refractivity contribution in [2.75, 3.05) is 0 Å². The molecule has 0 N–H and O–H groups in total. The molecule has 0 bridgehead atoms. The molecule has 3 aromatic rings. The first-order valence-electron chi connectivity index (χ1n) is 10.2. The van der Waals surface area contributed by atoms with Gasteiger partial charge in [0.15, 0.2) is 0 Å². The maximum atomic E-state index is 12.8. The van der Waals surface area contributed by atoms with Gasteiger partial charge in [-0.05, 0) is 56.0 Å². The van der Waals surface area contributed by atoms with Gasteiger partial charge in [-0.15, -0.1) is 0 Å². The van der Waals surface area contributed by atoms with Gasteiger partial charge >= 0.3 is 0 Å². The lowest BCUT2D eigenvalue weighted by Crippen LogP contribution is -2.35. The Labute approximate surface area is 167 Å². The minimum absolute atomic E-state index is 0.0130. The van der Waals surface area contributed by atoms with Crippen LogP contribution in [0.15, 0.2) is 48.5 Å². The molecule has 28 heavy (non-hydrogen) atoms. The van der Waals surface area contributed by atoms with E-state index in [-0.39, 0.29) is 11.8 Å². The molecule has 144 valence electrons. The van der Waals surface area contributed by atoms with Crippen molar-refractivity contribution in [1.29, 1.82) is 0 Å². The molecule has 1 fully saturated rings. The van der Waals surface area contributed by atoms with Crippen LogP contribution < -0.4 is 0 Å². The van der Waals surface area contributed by atoms with Crippen LogP contribution in [-0.2, 0) is 11.3 Å². The summed E-state index contributed by atoms with van der Waals surface area (Å²) in [5.74, 6) is 0.251. The van der Waals surface area contributed by atoms with Gasteiger partial charge in [0.25, 0.3) is 0 Å². The van der Waals surface area contributed by atoms with Crippen LogP contribution in [0.25, 0.3) is 22.2 Å². The molecule has 0 radical (unpaired) electrons. The van der Waals surface area contributed by atoms with Crippen molar-refractivity contribution in [3.63, 3.8) is 0 Å². The number of carbonyl (C=O) groups excluding carboxylic acids is 1. The monoisotopic (exact) mass is 372 g/mol. The molecule has 3 heteroatoms. The highest BCUT2D eigenvalue weighted by Crippen LogP contribution is 2.33. The summed E-state index contributed by atoms with van der Waals surface area (Å²) in [5.41, 5.74) is 6.66. The molecule has 0 saturated heterocycles. The third kappa shape index (κ3) is 3.80. The summed E-state index contributed by atoms with van der Waals surface area (Å²) in [6.45, 7) is 8.80. The molecule has 0 atom stereocenters. The molecule has 3 nitrogen and oxygen atoms in total. The lowest BCUT2D eigenvalue weighted by Gasteiger charge is -2.26. The fraction of sp³-hybridized carbons (Fsp3) is 0.360. The molecule has 0 aliphatic heterocycles. The number of aromatic nitrogens is 1. The van der Waals surface area contributed by atoms with E-state index in [9.17, 15) is 4.79 Å². The molecule has 2 aromatic carbocycles. The number of benzene rings is 2. The lowest BCUT2D eigenvalue weighted by atomic mass is 10.00. The lowest BCUT2D eigenvalue weighted by molar-refractivity contribution is -0.135. The molecule has 1 saturated carbocycles. The molecule has 0 spiro atoms. The standard InChI is InChI=1S/C25H28N2O/c1-16(2)25(28)27(22-10-11-22)15-21-14-19-9-8-18(4)13-23(19)26-24(21)20-7-5-6-17(3)12-20/h5-9,12-14,16,22H,10-11,15H2,1-4H3. The number of fused-ring (bicyclic) bond motifs is 1. The number of hydrogen-bond acceptors (Lipinski definition) is 2. The molecule has 1 aliphatic carbocycles. The molecule has 0 unspecified atom stereocenters. The normalized spacial score (nSPS) is 13.9. The van der Waals surface area contributed by atoms with Gasteiger partial charge in [0.2, 0.25) is 5.91 Å². The first-order valence-corrected chi connectivity index (χ1v) is 10.2. The zero-order chi connectivity index (χ0) is 19.8. The van der Waals surface area contributed by atoms with Crippen LogP contribution in [0.3, 0.4) is 0 Å². The average Bonchev–Trinajstić information content (AvgIpc) is 3.50. The fourth-order valence-corrected chi connectivity index (χ4v) is 3.77. The zero-order valence-electron chi connectivity index (χ0n) is 17.2. The first-order chi connectivity index (χ1) is 13.4. The smallest absolute Gasteiger partial charge is 0.225 e. The van der Waals surface area contributed by atoms with Crippen molar-refractivity contribution in [2.45, 2.75) is 53.1 Å². The SMILES string of the molecule is Cc1cccc(-c2nc3cc(C)ccc3cc2CN(C(=O)C(C)C)C2CC2)c1. The van der Waals surface area contributed by atoms with Gasteiger partial charge in [0.1, 0.15) is 0 Å². The van der Waals surface area contributed by atoms with Crippen LogP contribution in [0.4, 0.5) is 0 Å². The van der Waals surface area contributed by atoms with E-state index in [2.05, 4.69) is 67.3 Å². The number of hydrogen-bond donors (Lipinski definition) is 0. The summed E-state index contributed by atoms with van der Waals surface area (Å²) in [5, 5.41) is 1.13. The highest BCUT2D eigenvalue weighted by Gasteiger charge is 2.34. The zero-order valence-corrected chi connectivity index (χ0v) is 17.2. The van der Waals surface area contributed by atoms with Crippen molar-refractivity contribution < 1.29 is 4.79 Å². The van der Waals surface area contributed by atoms with Crippen molar-refractivity contribution in [2.24, 2.45) is 5.92 Å². The second kappa shape index (κ2) is 7.38. The summed E-state index contributed by atoms with van der Waals surface area (Å²) in [6.07, 6.45) is 2.22. The van der Waals surface area contributed by atoms with Crippen molar-refractivity contribution in [3.05, 3.63) is 65.2 Å². The Balaban J connectivity index is 1.84. The second-order valence-corrected chi connectivity index (χ2v) is 8.41. The first kappa shape index (κ1) is 18.7. The van der Waals surface area contributed by atoms with Crippen LogP contribution >= 0.6 is 0 Å². The Morgan fingerprint density at radius 2 is 1.82 bits per heavy atom. The van der Waals surface area contributed by atoms with E-state index in [4.69, 9.17) is 4.98 Å². The highest BCUT2D eigenvalue weighted by atomic mass is 16.2.